The summed E-state index contributed by atoms with van der Waals surface area (Å²) in [5, 5.41) is 17.6. The highest BCUT2D eigenvalue weighted by molar-refractivity contribution is 5.21. The van der Waals surface area contributed by atoms with Gasteiger partial charge in [0.15, 0.2) is 0 Å². The summed E-state index contributed by atoms with van der Waals surface area (Å²) in [5.74, 6) is 0.0369. The van der Waals surface area contributed by atoms with E-state index in [1.165, 1.54) is 6.07 Å². The predicted octanol–water partition coefficient (Wildman–Crippen LogP) is 2.19. The van der Waals surface area contributed by atoms with E-state index in [0.29, 0.717) is 11.4 Å². The molecular weight excluding hydrogens is 287 g/mol. The minimum Gasteiger partial charge on any atom is -0.474 e. The number of benzene rings is 1. The molecule has 0 fully saturated rings. The Hall–Kier alpha value is -2.05. The minimum absolute atomic E-state index is 0.0362. The molecule has 1 aromatic heterocycles. The van der Waals surface area contributed by atoms with Gasteiger partial charge in [-0.25, -0.2) is 4.39 Å². The molecule has 1 heterocycles. The fourth-order valence-corrected chi connectivity index (χ4v) is 1.74. The zero-order valence-electron chi connectivity index (χ0n) is 12.6. The molecule has 118 valence electrons. The summed E-state index contributed by atoms with van der Waals surface area (Å²) in [6, 6.07) is 8.13. The Kier molecular flexibility index (Phi) is 5.80. The average Bonchev–Trinajstić information content (AvgIpc) is 2.50. The quantitative estimate of drug-likeness (QED) is 0.849. The van der Waals surface area contributed by atoms with Gasteiger partial charge in [0.25, 0.3) is 0 Å². The number of hydrogen-bond acceptors (Lipinski definition) is 5. The van der Waals surface area contributed by atoms with Crippen LogP contribution in [0.1, 0.15) is 16.8 Å². The molecule has 0 radical (unpaired) electrons. The van der Waals surface area contributed by atoms with E-state index < -0.39 is 6.10 Å². The molecule has 1 unspecified atom stereocenters. The van der Waals surface area contributed by atoms with Gasteiger partial charge in [0.2, 0.25) is 5.88 Å². The second-order valence-electron chi connectivity index (χ2n) is 5.02. The molecular formula is C16H19FN2O3. The summed E-state index contributed by atoms with van der Waals surface area (Å²) in [7, 11) is 0. The fraction of sp³-hybridized carbons (Fsp3) is 0.375. The van der Waals surface area contributed by atoms with Crippen LogP contribution < -0.4 is 4.74 Å². The van der Waals surface area contributed by atoms with Gasteiger partial charge in [-0.05, 0) is 25.5 Å². The molecule has 0 aliphatic heterocycles. The molecule has 22 heavy (non-hydrogen) atoms. The van der Waals surface area contributed by atoms with Gasteiger partial charge in [0.1, 0.15) is 18.5 Å². The van der Waals surface area contributed by atoms with E-state index in [-0.39, 0.29) is 25.6 Å². The summed E-state index contributed by atoms with van der Waals surface area (Å²) < 4.78 is 24.0. The van der Waals surface area contributed by atoms with E-state index in [1.54, 1.807) is 24.3 Å². The zero-order chi connectivity index (χ0) is 15.9. The highest BCUT2D eigenvalue weighted by Crippen LogP contribution is 2.11. The standard InChI is InChI=1S/C16H19FN2O3/c1-11-7-16(19-18-12(11)2)22-10-14(20)9-21-8-13-5-3-4-6-15(13)17/h3-7,14,20H,8-10H2,1-2H3. The van der Waals surface area contributed by atoms with E-state index in [2.05, 4.69) is 10.2 Å². The smallest absolute Gasteiger partial charge is 0.233 e. The first-order chi connectivity index (χ1) is 10.6. The van der Waals surface area contributed by atoms with Crippen LogP contribution in [-0.4, -0.2) is 34.6 Å². The Morgan fingerprint density at radius 1 is 1.18 bits per heavy atom. The van der Waals surface area contributed by atoms with Gasteiger partial charge in [-0.15, -0.1) is 5.10 Å². The van der Waals surface area contributed by atoms with Crippen molar-refractivity contribution in [1.82, 2.24) is 10.2 Å². The molecule has 0 bridgehead atoms. The van der Waals surface area contributed by atoms with Gasteiger partial charge in [-0.1, -0.05) is 18.2 Å². The summed E-state index contributed by atoms with van der Waals surface area (Å²) >= 11 is 0. The van der Waals surface area contributed by atoms with Crippen molar-refractivity contribution in [3.05, 3.63) is 53.0 Å². The lowest BCUT2D eigenvalue weighted by atomic mass is 10.2. The molecule has 2 rings (SSSR count). The average molecular weight is 306 g/mol. The van der Waals surface area contributed by atoms with Crippen molar-refractivity contribution in [3.63, 3.8) is 0 Å². The van der Waals surface area contributed by atoms with Crippen molar-refractivity contribution in [1.29, 1.82) is 0 Å². The molecule has 0 saturated carbocycles. The van der Waals surface area contributed by atoms with E-state index in [4.69, 9.17) is 9.47 Å². The van der Waals surface area contributed by atoms with Crippen LogP contribution in [0.25, 0.3) is 0 Å². The molecule has 2 aromatic rings. The van der Waals surface area contributed by atoms with E-state index in [9.17, 15) is 9.50 Å². The topological polar surface area (TPSA) is 64.5 Å². The van der Waals surface area contributed by atoms with Crippen molar-refractivity contribution in [2.45, 2.75) is 26.6 Å². The van der Waals surface area contributed by atoms with Crippen LogP contribution in [0.5, 0.6) is 5.88 Å². The van der Waals surface area contributed by atoms with Gasteiger partial charge in [-0.2, -0.15) is 5.10 Å². The maximum atomic E-state index is 13.4. The first kappa shape index (κ1) is 16.3. The number of ether oxygens (including phenoxy) is 2. The third kappa shape index (κ3) is 4.75. The molecule has 0 amide bonds. The van der Waals surface area contributed by atoms with E-state index in [1.807, 2.05) is 13.8 Å². The Morgan fingerprint density at radius 3 is 2.68 bits per heavy atom. The van der Waals surface area contributed by atoms with Gasteiger partial charge >= 0.3 is 0 Å². The zero-order valence-corrected chi connectivity index (χ0v) is 12.6. The van der Waals surface area contributed by atoms with Crippen molar-refractivity contribution in [2.75, 3.05) is 13.2 Å². The number of rotatable bonds is 7. The van der Waals surface area contributed by atoms with E-state index >= 15 is 0 Å². The highest BCUT2D eigenvalue weighted by Gasteiger charge is 2.08. The molecule has 5 nitrogen and oxygen atoms in total. The largest absolute Gasteiger partial charge is 0.474 e. The van der Waals surface area contributed by atoms with Gasteiger partial charge in [0, 0.05) is 11.6 Å². The third-order valence-corrected chi connectivity index (χ3v) is 3.16. The van der Waals surface area contributed by atoms with Crippen molar-refractivity contribution >= 4 is 0 Å². The van der Waals surface area contributed by atoms with Gasteiger partial charge in [0.05, 0.1) is 18.9 Å². The molecule has 0 spiro atoms. The molecule has 1 aromatic carbocycles. The highest BCUT2D eigenvalue weighted by atomic mass is 19.1. The first-order valence-corrected chi connectivity index (χ1v) is 6.99. The SMILES string of the molecule is Cc1cc(OCC(O)COCc2ccccc2F)nnc1C. The third-order valence-electron chi connectivity index (χ3n) is 3.16. The minimum atomic E-state index is -0.824. The summed E-state index contributed by atoms with van der Waals surface area (Å²) in [5.41, 5.74) is 2.26. The molecule has 0 aliphatic rings. The maximum Gasteiger partial charge on any atom is 0.233 e. The number of halogens is 1. The van der Waals surface area contributed by atoms with Crippen LogP contribution >= 0.6 is 0 Å². The number of hydrogen-bond donors (Lipinski definition) is 1. The molecule has 1 atom stereocenters. The Balaban J connectivity index is 1.73. The Labute approximate surface area is 128 Å². The van der Waals surface area contributed by atoms with Crippen LogP contribution in [0, 0.1) is 19.7 Å². The van der Waals surface area contributed by atoms with Crippen LogP contribution in [0.2, 0.25) is 0 Å². The van der Waals surface area contributed by atoms with Gasteiger partial charge < -0.3 is 14.6 Å². The lowest BCUT2D eigenvalue weighted by Crippen LogP contribution is -2.24. The van der Waals surface area contributed by atoms with Crippen molar-refractivity contribution in [3.8, 4) is 5.88 Å². The van der Waals surface area contributed by atoms with Crippen molar-refractivity contribution in [2.24, 2.45) is 0 Å². The van der Waals surface area contributed by atoms with Gasteiger partial charge in [-0.3, -0.25) is 0 Å². The fourth-order valence-electron chi connectivity index (χ4n) is 1.74. The number of aliphatic hydroxyl groups is 1. The lowest BCUT2D eigenvalue weighted by molar-refractivity contribution is 0.00378. The second kappa shape index (κ2) is 7.82. The summed E-state index contributed by atoms with van der Waals surface area (Å²) in [6.45, 7) is 3.95. The monoisotopic (exact) mass is 306 g/mol. The predicted molar refractivity (Wildman–Crippen MR) is 79.1 cm³/mol. The Bertz CT molecular complexity index is 622. The summed E-state index contributed by atoms with van der Waals surface area (Å²) in [4.78, 5) is 0. The number of aromatic nitrogens is 2. The van der Waals surface area contributed by atoms with Crippen LogP contribution in [-0.2, 0) is 11.3 Å². The maximum absolute atomic E-state index is 13.4. The van der Waals surface area contributed by atoms with Crippen LogP contribution in [0.4, 0.5) is 4.39 Å². The molecule has 1 N–H and O–H groups in total. The molecule has 0 aliphatic carbocycles. The van der Waals surface area contributed by atoms with E-state index in [0.717, 1.165) is 11.3 Å². The summed E-state index contributed by atoms with van der Waals surface area (Å²) in [6.07, 6.45) is -0.824. The number of aryl methyl sites for hydroxylation is 2. The number of aliphatic hydroxyl groups excluding tert-OH is 1. The Morgan fingerprint density at radius 2 is 1.95 bits per heavy atom. The molecule has 6 heteroatoms. The van der Waals surface area contributed by atoms with Crippen LogP contribution in [0.15, 0.2) is 30.3 Å². The molecule has 0 saturated heterocycles. The lowest BCUT2D eigenvalue weighted by Gasteiger charge is -2.12. The normalized spacial score (nSPS) is 12.2. The van der Waals surface area contributed by atoms with Crippen molar-refractivity contribution < 1.29 is 19.0 Å². The van der Waals surface area contributed by atoms with Crippen LogP contribution in [0.3, 0.4) is 0 Å². The second-order valence-corrected chi connectivity index (χ2v) is 5.02. The number of nitrogens with zero attached hydrogens (tertiary/aromatic N) is 2. The first-order valence-electron chi connectivity index (χ1n) is 6.99.